The Kier molecular flexibility index (Phi) is 5.40. The van der Waals surface area contributed by atoms with Crippen molar-refractivity contribution in [2.75, 3.05) is 5.32 Å². The Labute approximate surface area is 155 Å². The second-order valence-corrected chi connectivity index (χ2v) is 8.43. The van der Waals surface area contributed by atoms with Gasteiger partial charge in [0.2, 0.25) is 9.47 Å². The van der Waals surface area contributed by atoms with Gasteiger partial charge in [-0.2, -0.15) is 0 Å². The van der Waals surface area contributed by atoms with Gasteiger partial charge in [-0.1, -0.05) is 59.4 Å². The number of aromatic nitrogens is 2. The summed E-state index contributed by atoms with van der Waals surface area (Å²) >= 11 is 0.798. The molecule has 0 atom stereocenters. The number of amides is 1. The normalized spacial score (nSPS) is 11.3. The zero-order valence-corrected chi connectivity index (χ0v) is 15.5. The number of rotatable bonds is 6. The SMILES string of the molecule is Cc1cccc(C(=O)Nc2nnc(S(=O)(=O)NCc3ccccc3)s2)c1. The lowest BCUT2D eigenvalue weighted by molar-refractivity contribution is 0.102. The first-order valence-electron chi connectivity index (χ1n) is 7.69. The zero-order chi connectivity index (χ0) is 18.6. The molecule has 2 N–H and O–H groups in total. The molecule has 0 radical (unpaired) electrons. The van der Waals surface area contributed by atoms with Gasteiger partial charge >= 0.3 is 0 Å². The molecule has 26 heavy (non-hydrogen) atoms. The fraction of sp³-hybridized carbons (Fsp3) is 0.118. The Hall–Kier alpha value is -2.62. The van der Waals surface area contributed by atoms with Gasteiger partial charge in [0.25, 0.3) is 15.9 Å². The Morgan fingerprint density at radius 1 is 1.08 bits per heavy atom. The second kappa shape index (κ2) is 7.73. The lowest BCUT2D eigenvalue weighted by Crippen LogP contribution is -2.23. The predicted molar refractivity (Wildman–Crippen MR) is 99.5 cm³/mol. The molecule has 134 valence electrons. The summed E-state index contributed by atoms with van der Waals surface area (Å²) < 4.78 is 26.9. The summed E-state index contributed by atoms with van der Waals surface area (Å²) in [5.74, 6) is -0.369. The van der Waals surface area contributed by atoms with Gasteiger partial charge < -0.3 is 0 Å². The second-order valence-electron chi connectivity index (χ2n) is 5.51. The number of nitrogens with one attached hydrogen (secondary N) is 2. The van der Waals surface area contributed by atoms with Crippen LogP contribution < -0.4 is 10.0 Å². The third kappa shape index (κ3) is 4.51. The average molecular weight is 388 g/mol. The van der Waals surface area contributed by atoms with Crippen LogP contribution in [-0.2, 0) is 16.6 Å². The molecule has 0 aliphatic heterocycles. The van der Waals surface area contributed by atoms with Gasteiger partial charge in [0, 0.05) is 12.1 Å². The Balaban J connectivity index is 1.67. The molecule has 9 heteroatoms. The van der Waals surface area contributed by atoms with Crippen molar-refractivity contribution in [2.24, 2.45) is 0 Å². The molecule has 0 spiro atoms. The smallest absolute Gasteiger partial charge is 0.270 e. The summed E-state index contributed by atoms with van der Waals surface area (Å²) in [7, 11) is -3.80. The molecule has 0 aliphatic carbocycles. The van der Waals surface area contributed by atoms with Gasteiger partial charge in [-0.3, -0.25) is 10.1 Å². The van der Waals surface area contributed by atoms with E-state index in [1.807, 2.05) is 43.3 Å². The highest BCUT2D eigenvalue weighted by molar-refractivity contribution is 7.91. The van der Waals surface area contributed by atoms with E-state index in [2.05, 4.69) is 20.2 Å². The molecule has 7 nitrogen and oxygen atoms in total. The lowest BCUT2D eigenvalue weighted by atomic mass is 10.1. The van der Waals surface area contributed by atoms with Gasteiger partial charge in [0.1, 0.15) is 0 Å². The van der Waals surface area contributed by atoms with Crippen LogP contribution in [0.4, 0.5) is 5.13 Å². The summed E-state index contributed by atoms with van der Waals surface area (Å²) in [6.07, 6.45) is 0. The summed E-state index contributed by atoms with van der Waals surface area (Å²) in [5, 5.41) is 10.1. The first-order chi connectivity index (χ1) is 12.4. The molecule has 1 amide bonds. The van der Waals surface area contributed by atoms with E-state index in [1.54, 1.807) is 18.2 Å². The van der Waals surface area contributed by atoms with E-state index >= 15 is 0 Å². The van der Waals surface area contributed by atoms with Crippen molar-refractivity contribution in [1.82, 2.24) is 14.9 Å². The Morgan fingerprint density at radius 3 is 2.58 bits per heavy atom. The maximum Gasteiger partial charge on any atom is 0.270 e. The number of aryl methyl sites for hydroxylation is 1. The third-order valence-corrected chi connectivity index (χ3v) is 6.05. The molecule has 1 aromatic heterocycles. The summed E-state index contributed by atoms with van der Waals surface area (Å²) in [5.41, 5.74) is 2.24. The van der Waals surface area contributed by atoms with E-state index < -0.39 is 10.0 Å². The number of sulfonamides is 1. The fourth-order valence-corrected chi connectivity index (χ4v) is 4.11. The van der Waals surface area contributed by atoms with Crippen LogP contribution in [0.3, 0.4) is 0 Å². The maximum atomic E-state index is 12.3. The van der Waals surface area contributed by atoms with Crippen molar-refractivity contribution in [3.63, 3.8) is 0 Å². The molecular formula is C17H16N4O3S2. The number of carbonyl (C=O) groups excluding carboxylic acids is 1. The largest absolute Gasteiger partial charge is 0.296 e. The van der Waals surface area contributed by atoms with Crippen molar-refractivity contribution in [3.05, 3.63) is 71.3 Å². The summed E-state index contributed by atoms with van der Waals surface area (Å²) in [6, 6.07) is 16.2. The molecular weight excluding hydrogens is 372 g/mol. The Bertz CT molecular complexity index is 1020. The Morgan fingerprint density at radius 2 is 1.85 bits per heavy atom. The minimum atomic E-state index is -3.80. The van der Waals surface area contributed by atoms with E-state index in [-0.39, 0.29) is 21.9 Å². The number of benzene rings is 2. The topological polar surface area (TPSA) is 101 Å². The molecule has 0 fully saturated rings. The first kappa shape index (κ1) is 18.2. The van der Waals surface area contributed by atoms with Crippen molar-refractivity contribution < 1.29 is 13.2 Å². The van der Waals surface area contributed by atoms with Crippen molar-refractivity contribution in [2.45, 2.75) is 17.8 Å². The number of carbonyl (C=O) groups is 1. The lowest BCUT2D eigenvalue weighted by Gasteiger charge is -2.03. The molecule has 3 aromatic rings. The molecule has 0 saturated carbocycles. The third-order valence-electron chi connectivity index (χ3n) is 3.45. The van der Waals surface area contributed by atoms with Crippen LogP contribution >= 0.6 is 11.3 Å². The zero-order valence-electron chi connectivity index (χ0n) is 13.8. The number of nitrogens with zero attached hydrogens (tertiary/aromatic N) is 2. The minimum Gasteiger partial charge on any atom is -0.296 e. The van der Waals surface area contributed by atoms with Crippen molar-refractivity contribution in [1.29, 1.82) is 0 Å². The fourth-order valence-electron chi connectivity index (χ4n) is 2.16. The highest BCUT2D eigenvalue weighted by Crippen LogP contribution is 2.20. The van der Waals surface area contributed by atoms with E-state index in [4.69, 9.17) is 0 Å². The molecule has 0 saturated heterocycles. The van der Waals surface area contributed by atoms with E-state index in [0.717, 1.165) is 22.5 Å². The number of hydrogen-bond acceptors (Lipinski definition) is 6. The molecule has 0 bridgehead atoms. The maximum absolute atomic E-state index is 12.3. The minimum absolute atomic E-state index is 0.122. The molecule has 0 aliphatic rings. The number of hydrogen-bond donors (Lipinski definition) is 2. The summed E-state index contributed by atoms with van der Waals surface area (Å²) in [6.45, 7) is 2.03. The van der Waals surface area contributed by atoms with Gasteiger partial charge in [-0.05, 0) is 24.6 Å². The molecule has 0 unspecified atom stereocenters. The number of anilines is 1. The van der Waals surface area contributed by atoms with Gasteiger partial charge in [-0.15, -0.1) is 10.2 Å². The molecule has 3 rings (SSSR count). The van der Waals surface area contributed by atoms with Gasteiger partial charge in [0.15, 0.2) is 0 Å². The van der Waals surface area contributed by atoms with E-state index in [1.165, 1.54) is 0 Å². The van der Waals surface area contributed by atoms with Crippen molar-refractivity contribution in [3.8, 4) is 0 Å². The van der Waals surface area contributed by atoms with E-state index in [9.17, 15) is 13.2 Å². The predicted octanol–water partition coefficient (Wildman–Crippen LogP) is 2.58. The van der Waals surface area contributed by atoms with Crippen LogP contribution in [0.5, 0.6) is 0 Å². The highest BCUT2D eigenvalue weighted by Gasteiger charge is 2.21. The first-order valence-corrected chi connectivity index (χ1v) is 9.99. The monoisotopic (exact) mass is 388 g/mol. The van der Waals surface area contributed by atoms with Gasteiger partial charge in [0.05, 0.1) is 0 Å². The van der Waals surface area contributed by atoms with Crippen LogP contribution in [0, 0.1) is 6.92 Å². The molecule has 1 heterocycles. The highest BCUT2D eigenvalue weighted by atomic mass is 32.2. The molecule has 2 aromatic carbocycles. The van der Waals surface area contributed by atoms with Crippen LogP contribution in [0.25, 0.3) is 0 Å². The average Bonchev–Trinajstić information content (AvgIpc) is 3.10. The van der Waals surface area contributed by atoms with E-state index in [0.29, 0.717) is 5.56 Å². The quantitative estimate of drug-likeness (QED) is 0.632. The van der Waals surface area contributed by atoms with Gasteiger partial charge in [-0.25, -0.2) is 13.1 Å². The standard InChI is InChI=1S/C17H16N4O3S2/c1-12-6-5-9-14(10-12)15(22)19-16-20-21-17(25-16)26(23,24)18-11-13-7-3-2-4-8-13/h2-10,18H,11H2,1H3,(H,19,20,22). The van der Waals surface area contributed by atoms with Crippen LogP contribution in [-0.4, -0.2) is 24.5 Å². The van der Waals surface area contributed by atoms with Crippen LogP contribution in [0.2, 0.25) is 0 Å². The van der Waals surface area contributed by atoms with Crippen LogP contribution in [0.15, 0.2) is 58.9 Å². The summed E-state index contributed by atoms with van der Waals surface area (Å²) in [4.78, 5) is 12.2. The van der Waals surface area contributed by atoms with Crippen LogP contribution in [0.1, 0.15) is 21.5 Å². The van der Waals surface area contributed by atoms with Crippen molar-refractivity contribution >= 4 is 32.4 Å².